The summed E-state index contributed by atoms with van der Waals surface area (Å²) in [5, 5.41) is 6.92. The summed E-state index contributed by atoms with van der Waals surface area (Å²) in [7, 11) is 0. The molecule has 0 spiro atoms. The quantitative estimate of drug-likeness (QED) is 0.754. The number of anilines is 1. The molecule has 0 bridgehead atoms. The Morgan fingerprint density at radius 3 is 2.35 bits per heavy atom. The minimum absolute atomic E-state index is 0.0102. The lowest BCUT2D eigenvalue weighted by Crippen LogP contribution is -2.14. The van der Waals surface area contributed by atoms with Gasteiger partial charge in [0.05, 0.1) is 5.69 Å². The van der Waals surface area contributed by atoms with E-state index in [-0.39, 0.29) is 11.6 Å². The molecular formula is C18H16F2N4O2. The Morgan fingerprint density at radius 1 is 1.08 bits per heavy atom. The second kappa shape index (κ2) is 7.30. The zero-order valence-electron chi connectivity index (χ0n) is 14.1. The van der Waals surface area contributed by atoms with Gasteiger partial charge in [-0.3, -0.25) is 4.79 Å². The number of carbonyl (C=O) groups is 1. The summed E-state index contributed by atoms with van der Waals surface area (Å²) in [6.07, 6.45) is 0. The van der Waals surface area contributed by atoms with E-state index in [9.17, 15) is 13.6 Å². The van der Waals surface area contributed by atoms with Crippen LogP contribution < -0.4 is 10.1 Å². The van der Waals surface area contributed by atoms with Gasteiger partial charge in [0.1, 0.15) is 11.6 Å². The first-order valence-corrected chi connectivity index (χ1v) is 7.79. The summed E-state index contributed by atoms with van der Waals surface area (Å²) in [5.74, 6) is 0.102. The minimum Gasteiger partial charge on any atom is -0.435 e. The van der Waals surface area contributed by atoms with Crippen LogP contribution in [-0.4, -0.2) is 27.3 Å². The predicted octanol–water partition coefficient (Wildman–Crippen LogP) is 3.74. The lowest BCUT2D eigenvalue weighted by Gasteiger charge is -2.06. The molecule has 0 saturated heterocycles. The highest BCUT2D eigenvalue weighted by molar-refractivity contribution is 6.01. The van der Waals surface area contributed by atoms with Crippen LogP contribution in [0.4, 0.5) is 14.5 Å². The molecule has 0 aliphatic heterocycles. The van der Waals surface area contributed by atoms with E-state index < -0.39 is 12.5 Å². The van der Waals surface area contributed by atoms with E-state index in [1.54, 1.807) is 31.2 Å². The van der Waals surface area contributed by atoms with Gasteiger partial charge in [0.15, 0.2) is 0 Å². The second-order valence-electron chi connectivity index (χ2n) is 5.59. The van der Waals surface area contributed by atoms with Crippen molar-refractivity contribution in [2.45, 2.75) is 20.5 Å². The van der Waals surface area contributed by atoms with E-state index in [1.165, 1.54) is 16.8 Å². The van der Waals surface area contributed by atoms with Crippen molar-refractivity contribution in [3.63, 3.8) is 0 Å². The maximum Gasteiger partial charge on any atom is 0.387 e. The molecule has 0 radical (unpaired) electrons. The molecule has 1 N–H and O–H groups in total. The summed E-state index contributed by atoms with van der Waals surface area (Å²) in [4.78, 5) is 16.5. The molecule has 6 nitrogen and oxygen atoms in total. The van der Waals surface area contributed by atoms with Crippen molar-refractivity contribution in [3.8, 4) is 11.4 Å². The van der Waals surface area contributed by atoms with Crippen LogP contribution in [0.2, 0.25) is 0 Å². The van der Waals surface area contributed by atoms with E-state index in [2.05, 4.69) is 20.1 Å². The van der Waals surface area contributed by atoms with Gasteiger partial charge in [-0.05, 0) is 50.2 Å². The average Bonchev–Trinajstić information content (AvgIpc) is 2.99. The number of hydrogen-bond acceptors (Lipinski definition) is 4. The smallest absolute Gasteiger partial charge is 0.387 e. The van der Waals surface area contributed by atoms with E-state index in [0.29, 0.717) is 17.2 Å². The number of benzene rings is 2. The normalized spacial score (nSPS) is 10.8. The largest absolute Gasteiger partial charge is 0.435 e. The molecular weight excluding hydrogens is 342 g/mol. The lowest BCUT2D eigenvalue weighted by atomic mass is 10.2. The zero-order valence-corrected chi connectivity index (χ0v) is 14.1. The summed E-state index contributed by atoms with van der Waals surface area (Å²) in [6, 6.07) is 13.3. The number of carbonyl (C=O) groups excluding carboxylic acids is 1. The highest BCUT2D eigenvalue weighted by atomic mass is 19.3. The van der Waals surface area contributed by atoms with Crippen LogP contribution >= 0.6 is 0 Å². The van der Waals surface area contributed by atoms with Crippen molar-refractivity contribution < 1.29 is 18.3 Å². The molecule has 0 aliphatic rings. The number of aromatic nitrogens is 3. The molecule has 2 aromatic carbocycles. The van der Waals surface area contributed by atoms with Crippen molar-refractivity contribution in [2.75, 3.05) is 5.32 Å². The Hall–Kier alpha value is -3.29. The van der Waals surface area contributed by atoms with Crippen LogP contribution in [0.1, 0.15) is 22.0 Å². The number of amides is 1. The summed E-state index contributed by atoms with van der Waals surface area (Å²) in [6.45, 7) is 0.765. The first-order valence-electron chi connectivity index (χ1n) is 7.79. The number of rotatable bonds is 5. The van der Waals surface area contributed by atoms with E-state index in [0.717, 1.165) is 5.56 Å². The molecule has 3 rings (SSSR count). The average molecular weight is 358 g/mol. The third-order valence-corrected chi connectivity index (χ3v) is 3.59. The molecule has 134 valence electrons. The fraction of sp³-hybridized carbons (Fsp3) is 0.167. The van der Waals surface area contributed by atoms with Crippen LogP contribution in [0.5, 0.6) is 5.75 Å². The van der Waals surface area contributed by atoms with E-state index >= 15 is 0 Å². The summed E-state index contributed by atoms with van der Waals surface area (Å²) < 4.78 is 30.2. The Bertz CT molecular complexity index is 906. The molecule has 0 unspecified atom stereocenters. The van der Waals surface area contributed by atoms with E-state index in [1.807, 2.05) is 19.1 Å². The number of hydrogen-bond donors (Lipinski definition) is 1. The van der Waals surface area contributed by atoms with Gasteiger partial charge in [-0.2, -0.15) is 8.78 Å². The molecule has 3 aromatic rings. The maximum absolute atomic E-state index is 12.3. The highest BCUT2D eigenvalue weighted by Gasteiger charge is 2.15. The molecule has 26 heavy (non-hydrogen) atoms. The van der Waals surface area contributed by atoms with E-state index in [4.69, 9.17) is 0 Å². The fourth-order valence-corrected chi connectivity index (χ4v) is 2.32. The lowest BCUT2D eigenvalue weighted by molar-refractivity contribution is -0.0498. The fourth-order valence-electron chi connectivity index (χ4n) is 2.32. The minimum atomic E-state index is -2.88. The number of halogens is 2. The van der Waals surface area contributed by atoms with Gasteiger partial charge >= 0.3 is 6.61 Å². The second-order valence-corrected chi connectivity index (χ2v) is 5.59. The monoisotopic (exact) mass is 358 g/mol. The Morgan fingerprint density at radius 2 is 1.73 bits per heavy atom. The SMILES string of the molecule is Cc1ccc(NC(=O)c2nc(C)n(-c3ccc(OC(F)F)cc3)n2)cc1. The van der Waals surface area contributed by atoms with Crippen molar-refractivity contribution in [2.24, 2.45) is 0 Å². The maximum atomic E-state index is 12.3. The van der Waals surface area contributed by atoms with Crippen LogP contribution in [-0.2, 0) is 0 Å². The van der Waals surface area contributed by atoms with Gasteiger partial charge in [-0.1, -0.05) is 17.7 Å². The molecule has 0 atom stereocenters. The number of alkyl halides is 2. The Kier molecular flexibility index (Phi) is 4.92. The molecule has 1 aromatic heterocycles. The Labute approximate surface area is 148 Å². The number of aryl methyl sites for hydroxylation is 2. The van der Waals surface area contributed by atoms with Crippen molar-refractivity contribution in [1.29, 1.82) is 0 Å². The summed E-state index contributed by atoms with van der Waals surface area (Å²) in [5.41, 5.74) is 2.30. The molecule has 1 amide bonds. The molecule has 0 aliphatic carbocycles. The third-order valence-electron chi connectivity index (χ3n) is 3.59. The standard InChI is InChI=1S/C18H16F2N4O2/c1-11-3-5-13(6-4-11)22-17(25)16-21-12(2)24(23-16)14-7-9-15(10-8-14)26-18(19)20/h3-10,18H,1-2H3,(H,22,25). The van der Waals surface area contributed by atoms with Gasteiger partial charge in [-0.15, -0.1) is 5.10 Å². The number of nitrogens with zero attached hydrogens (tertiary/aromatic N) is 3. The van der Waals surface area contributed by atoms with Gasteiger partial charge < -0.3 is 10.1 Å². The first kappa shape index (κ1) is 17.5. The number of nitrogens with one attached hydrogen (secondary N) is 1. The summed E-state index contributed by atoms with van der Waals surface area (Å²) >= 11 is 0. The van der Waals surface area contributed by atoms with Crippen LogP contribution in [0.15, 0.2) is 48.5 Å². The molecule has 1 heterocycles. The molecule has 0 saturated carbocycles. The Balaban J connectivity index is 1.78. The van der Waals surface area contributed by atoms with Crippen LogP contribution in [0.25, 0.3) is 5.69 Å². The predicted molar refractivity (Wildman–Crippen MR) is 91.9 cm³/mol. The van der Waals surface area contributed by atoms with Gasteiger partial charge in [0.2, 0.25) is 5.82 Å². The topological polar surface area (TPSA) is 69.0 Å². The number of ether oxygens (including phenoxy) is 1. The van der Waals surface area contributed by atoms with Gasteiger partial charge in [0, 0.05) is 5.69 Å². The van der Waals surface area contributed by atoms with Gasteiger partial charge in [-0.25, -0.2) is 9.67 Å². The van der Waals surface area contributed by atoms with Crippen molar-refractivity contribution >= 4 is 11.6 Å². The van der Waals surface area contributed by atoms with Crippen LogP contribution in [0, 0.1) is 13.8 Å². The van der Waals surface area contributed by atoms with Crippen LogP contribution in [0.3, 0.4) is 0 Å². The van der Waals surface area contributed by atoms with Crippen molar-refractivity contribution in [1.82, 2.24) is 14.8 Å². The third kappa shape index (κ3) is 4.02. The molecule has 0 fully saturated rings. The van der Waals surface area contributed by atoms with Crippen molar-refractivity contribution in [3.05, 3.63) is 65.7 Å². The zero-order chi connectivity index (χ0) is 18.7. The molecule has 8 heteroatoms. The first-order chi connectivity index (χ1) is 12.4. The van der Waals surface area contributed by atoms with Gasteiger partial charge in [0.25, 0.3) is 5.91 Å². The highest BCUT2D eigenvalue weighted by Crippen LogP contribution is 2.18.